The second kappa shape index (κ2) is 10.5. The lowest BCUT2D eigenvalue weighted by molar-refractivity contribution is -0.150. The highest BCUT2D eigenvalue weighted by Crippen LogP contribution is 2.36. The molecule has 4 rings (SSSR count). The summed E-state index contributed by atoms with van der Waals surface area (Å²) < 4.78 is 5.20. The molecule has 0 bridgehead atoms. The molecule has 0 aliphatic carbocycles. The average molecular weight is 468 g/mol. The molecular formula is C26H30ClN3O3. The minimum absolute atomic E-state index is 0.0907. The first-order valence-corrected chi connectivity index (χ1v) is 11.9. The van der Waals surface area contributed by atoms with Gasteiger partial charge in [0.2, 0.25) is 0 Å². The molecule has 2 aromatic rings. The lowest BCUT2D eigenvalue weighted by atomic mass is 9.97. The third-order valence-electron chi connectivity index (χ3n) is 6.27. The molecule has 0 unspecified atom stereocenters. The number of benzene rings is 2. The normalized spacial score (nSPS) is 21.1. The molecule has 7 heteroatoms. The van der Waals surface area contributed by atoms with Gasteiger partial charge < -0.3 is 4.74 Å². The number of likely N-dealkylation sites (tertiary alicyclic amines) is 1. The van der Waals surface area contributed by atoms with Crippen LogP contribution in [0.15, 0.2) is 53.6 Å². The Morgan fingerprint density at radius 3 is 2.76 bits per heavy atom. The van der Waals surface area contributed by atoms with Gasteiger partial charge in [-0.15, -0.1) is 0 Å². The maximum atomic E-state index is 13.5. The molecule has 0 radical (unpaired) electrons. The van der Waals surface area contributed by atoms with Crippen molar-refractivity contribution in [2.24, 2.45) is 11.0 Å². The van der Waals surface area contributed by atoms with Crippen LogP contribution in [0.4, 0.5) is 0 Å². The molecule has 2 aliphatic rings. The third kappa shape index (κ3) is 5.45. The SMILES string of the molecule is CCOC(=O)[C@H]1CCCN(CC(=O)N2N=C(c3cccc(C)c3)C[C@H]2c2ccccc2Cl)C1. The van der Waals surface area contributed by atoms with E-state index >= 15 is 0 Å². The van der Waals surface area contributed by atoms with Gasteiger partial charge in [-0.3, -0.25) is 14.5 Å². The van der Waals surface area contributed by atoms with Crippen LogP contribution in [0.5, 0.6) is 0 Å². The fourth-order valence-electron chi connectivity index (χ4n) is 4.64. The molecule has 1 amide bonds. The van der Waals surface area contributed by atoms with Crippen LogP contribution in [-0.4, -0.2) is 53.7 Å². The Kier molecular flexibility index (Phi) is 7.46. The zero-order chi connectivity index (χ0) is 23.4. The molecule has 174 valence electrons. The van der Waals surface area contributed by atoms with E-state index in [0.717, 1.165) is 41.8 Å². The molecule has 2 heterocycles. The number of amides is 1. The van der Waals surface area contributed by atoms with Crippen LogP contribution in [0, 0.1) is 12.8 Å². The highest BCUT2D eigenvalue weighted by atomic mass is 35.5. The Labute approximate surface area is 200 Å². The molecule has 6 nitrogen and oxygen atoms in total. The van der Waals surface area contributed by atoms with Crippen LogP contribution >= 0.6 is 11.6 Å². The lowest BCUT2D eigenvalue weighted by Gasteiger charge is -2.32. The number of rotatable bonds is 6. The molecule has 2 atom stereocenters. The smallest absolute Gasteiger partial charge is 0.310 e. The Morgan fingerprint density at radius 1 is 1.18 bits per heavy atom. The summed E-state index contributed by atoms with van der Waals surface area (Å²) in [6, 6.07) is 15.5. The first kappa shape index (κ1) is 23.5. The first-order valence-electron chi connectivity index (χ1n) is 11.6. The number of nitrogens with zero attached hydrogens (tertiary/aromatic N) is 3. The number of halogens is 1. The number of carbonyl (C=O) groups excluding carboxylic acids is 2. The van der Waals surface area contributed by atoms with Crippen LogP contribution in [-0.2, 0) is 14.3 Å². The first-order chi connectivity index (χ1) is 16.0. The summed E-state index contributed by atoms with van der Waals surface area (Å²) in [6.45, 7) is 5.75. The number of hydrogen-bond donors (Lipinski definition) is 0. The van der Waals surface area contributed by atoms with Crippen molar-refractivity contribution in [3.63, 3.8) is 0 Å². The topological polar surface area (TPSA) is 62.2 Å². The van der Waals surface area contributed by atoms with E-state index in [9.17, 15) is 9.59 Å². The van der Waals surface area contributed by atoms with Crippen molar-refractivity contribution in [2.45, 2.75) is 39.2 Å². The zero-order valence-corrected chi connectivity index (χ0v) is 19.9. The van der Waals surface area contributed by atoms with E-state index in [4.69, 9.17) is 21.4 Å². The summed E-state index contributed by atoms with van der Waals surface area (Å²) in [4.78, 5) is 27.7. The Balaban J connectivity index is 1.55. The number of ether oxygens (including phenoxy) is 1. The van der Waals surface area contributed by atoms with Crippen LogP contribution < -0.4 is 0 Å². The Morgan fingerprint density at radius 2 is 2.00 bits per heavy atom. The van der Waals surface area contributed by atoms with Crippen molar-refractivity contribution in [3.8, 4) is 0 Å². The van der Waals surface area contributed by atoms with E-state index in [2.05, 4.69) is 6.07 Å². The fourth-order valence-corrected chi connectivity index (χ4v) is 4.90. The minimum Gasteiger partial charge on any atom is -0.466 e. The van der Waals surface area contributed by atoms with E-state index in [1.54, 1.807) is 5.01 Å². The summed E-state index contributed by atoms with van der Waals surface area (Å²) in [5, 5.41) is 6.99. The predicted molar refractivity (Wildman–Crippen MR) is 129 cm³/mol. The maximum absolute atomic E-state index is 13.5. The Bertz CT molecular complexity index is 1050. The number of aryl methyl sites for hydroxylation is 1. The molecule has 2 aromatic carbocycles. The zero-order valence-electron chi connectivity index (χ0n) is 19.2. The highest BCUT2D eigenvalue weighted by Gasteiger charge is 2.36. The molecule has 33 heavy (non-hydrogen) atoms. The summed E-state index contributed by atoms with van der Waals surface area (Å²) in [5.41, 5.74) is 3.93. The molecule has 0 N–H and O–H groups in total. The monoisotopic (exact) mass is 467 g/mol. The van der Waals surface area contributed by atoms with Gasteiger partial charge in [0, 0.05) is 18.0 Å². The van der Waals surface area contributed by atoms with Crippen molar-refractivity contribution in [1.82, 2.24) is 9.91 Å². The molecular weight excluding hydrogens is 438 g/mol. The van der Waals surface area contributed by atoms with Gasteiger partial charge in [-0.2, -0.15) is 5.10 Å². The fraction of sp³-hybridized carbons (Fsp3) is 0.423. The van der Waals surface area contributed by atoms with Crippen molar-refractivity contribution in [1.29, 1.82) is 0 Å². The van der Waals surface area contributed by atoms with Gasteiger partial charge in [-0.05, 0) is 50.4 Å². The van der Waals surface area contributed by atoms with Gasteiger partial charge in [0.15, 0.2) is 0 Å². The van der Waals surface area contributed by atoms with Crippen molar-refractivity contribution < 1.29 is 14.3 Å². The predicted octanol–water partition coefficient (Wildman–Crippen LogP) is 4.60. The highest BCUT2D eigenvalue weighted by molar-refractivity contribution is 6.31. The van der Waals surface area contributed by atoms with E-state index < -0.39 is 0 Å². The van der Waals surface area contributed by atoms with Gasteiger partial charge in [0.05, 0.1) is 30.8 Å². The summed E-state index contributed by atoms with van der Waals surface area (Å²) >= 11 is 6.52. The summed E-state index contributed by atoms with van der Waals surface area (Å²) in [7, 11) is 0. The average Bonchev–Trinajstić information content (AvgIpc) is 3.25. The lowest BCUT2D eigenvalue weighted by Crippen LogP contribution is -2.44. The largest absolute Gasteiger partial charge is 0.466 e. The quantitative estimate of drug-likeness (QED) is 0.582. The number of hydrogen-bond acceptors (Lipinski definition) is 5. The molecule has 2 aliphatic heterocycles. The minimum atomic E-state index is -0.257. The molecule has 0 aromatic heterocycles. The van der Waals surface area contributed by atoms with Crippen molar-refractivity contribution in [2.75, 3.05) is 26.2 Å². The number of piperidine rings is 1. The summed E-state index contributed by atoms with van der Waals surface area (Å²) in [6.07, 6.45) is 2.26. The van der Waals surface area contributed by atoms with Gasteiger partial charge in [0.1, 0.15) is 0 Å². The van der Waals surface area contributed by atoms with Crippen LogP contribution in [0.2, 0.25) is 5.02 Å². The van der Waals surface area contributed by atoms with Crippen molar-refractivity contribution >= 4 is 29.2 Å². The van der Waals surface area contributed by atoms with Gasteiger partial charge in [0.25, 0.3) is 5.91 Å². The van der Waals surface area contributed by atoms with Gasteiger partial charge in [-0.25, -0.2) is 5.01 Å². The number of hydrazone groups is 1. The van der Waals surface area contributed by atoms with Crippen LogP contribution in [0.25, 0.3) is 0 Å². The third-order valence-corrected chi connectivity index (χ3v) is 6.61. The summed E-state index contributed by atoms with van der Waals surface area (Å²) in [5.74, 6) is -0.451. The standard InChI is InChI=1S/C26H30ClN3O3/c1-3-33-26(32)20-10-7-13-29(16-20)17-25(31)30-24(21-11-4-5-12-22(21)27)15-23(28-30)19-9-6-8-18(2)14-19/h4-6,8-9,11-12,14,20,24H,3,7,10,13,15-17H2,1-2H3/t20-,24-/m0/s1. The molecule has 1 saturated heterocycles. The van der Waals surface area contributed by atoms with E-state index in [1.165, 1.54) is 0 Å². The molecule has 0 saturated carbocycles. The second-order valence-corrected chi connectivity index (χ2v) is 9.13. The molecule has 0 spiro atoms. The number of esters is 1. The Hall–Kier alpha value is -2.70. The van der Waals surface area contributed by atoms with Gasteiger partial charge >= 0.3 is 5.97 Å². The maximum Gasteiger partial charge on any atom is 0.310 e. The molecule has 1 fully saturated rings. The second-order valence-electron chi connectivity index (χ2n) is 8.72. The van der Waals surface area contributed by atoms with E-state index in [1.807, 2.05) is 61.2 Å². The number of carbonyl (C=O) groups is 2. The van der Waals surface area contributed by atoms with Crippen LogP contribution in [0.1, 0.15) is 48.9 Å². The van der Waals surface area contributed by atoms with Crippen molar-refractivity contribution in [3.05, 3.63) is 70.2 Å². The van der Waals surface area contributed by atoms with E-state index in [-0.39, 0.29) is 30.4 Å². The van der Waals surface area contributed by atoms with E-state index in [0.29, 0.717) is 24.6 Å². The van der Waals surface area contributed by atoms with Crippen LogP contribution in [0.3, 0.4) is 0 Å². The van der Waals surface area contributed by atoms with Gasteiger partial charge in [-0.1, -0.05) is 59.6 Å².